The Morgan fingerprint density at radius 1 is 1.29 bits per heavy atom. The van der Waals surface area contributed by atoms with Gasteiger partial charge < -0.3 is 11.1 Å². The number of nitrogens with two attached hydrogens (primary N) is 1. The minimum absolute atomic E-state index is 0.196. The lowest BCUT2D eigenvalue weighted by molar-refractivity contribution is 0.559. The van der Waals surface area contributed by atoms with E-state index in [4.69, 9.17) is 5.73 Å². The predicted molar refractivity (Wildman–Crippen MR) is 73.9 cm³/mol. The van der Waals surface area contributed by atoms with E-state index in [1.54, 1.807) is 0 Å². The molecular formula is C11H15BrN2O2S. The van der Waals surface area contributed by atoms with Crippen LogP contribution in [0.15, 0.2) is 22.7 Å². The number of nitrogen functional groups attached to an aromatic ring is 1. The SMILES string of the molecule is Nc1cc(Br)ccc1NC1CCS(=O)(=O)CC1. The van der Waals surface area contributed by atoms with Crippen molar-refractivity contribution >= 4 is 37.1 Å². The number of halogens is 1. The van der Waals surface area contributed by atoms with Gasteiger partial charge in [0, 0.05) is 10.5 Å². The van der Waals surface area contributed by atoms with Gasteiger partial charge in [-0.25, -0.2) is 8.42 Å². The van der Waals surface area contributed by atoms with Crippen LogP contribution in [0.5, 0.6) is 0 Å². The second-order valence-corrected chi connectivity index (χ2v) is 7.52. The molecule has 1 aliphatic heterocycles. The quantitative estimate of drug-likeness (QED) is 0.818. The highest BCUT2D eigenvalue weighted by molar-refractivity contribution is 9.10. The Hall–Kier alpha value is -0.750. The minimum Gasteiger partial charge on any atom is -0.397 e. The van der Waals surface area contributed by atoms with Crippen LogP contribution in [-0.4, -0.2) is 26.0 Å². The normalized spacial score (nSPS) is 20.1. The van der Waals surface area contributed by atoms with E-state index in [1.807, 2.05) is 18.2 Å². The first kappa shape index (κ1) is 12.7. The number of nitrogens with one attached hydrogen (secondary N) is 1. The van der Waals surface area contributed by atoms with Gasteiger partial charge in [-0.3, -0.25) is 0 Å². The van der Waals surface area contributed by atoms with Crippen molar-refractivity contribution in [2.75, 3.05) is 22.6 Å². The summed E-state index contributed by atoms with van der Waals surface area (Å²) in [5, 5.41) is 3.30. The zero-order valence-corrected chi connectivity index (χ0v) is 11.7. The van der Waals surface area contributed by atoms with Crippen molar-refractivity contribution in [1.29, 1.82) is 0 Å². The van der Waals surface area contributed by atoms with E-state index in [0.717, 1.165) is 10.2 Å². The molecule has 1 fully saturated rings. The molecule has 1 aromatic rings. The summed E-state index contributed by atoms with van der Waals surface area (Å²) in [6.45, 7) is 0. The van der Waals surface area contributed by atoms with Crippen LogP contribution in [0, 0.1) is 0 Å². The van der Waals surface area contributed by atoms with Crippen LogP contribution in [0.25, 0.3) is 0 Å². The van der Waals surface area contributed by atoms with Crippen LogP contribution >= 0.6 is 15.9 Å². The maximum Gasteiger partial charge on any atom is 0.150 e. The first-order valence-corrected chi connectivity index (χ1v) is 8.10. The monoisotopic (exact) mass is 318 g/mol. The Morgan fingerprint density at radius 2 is 1.94 bits per heavy atom. The van der Waals surface area contributed by atoms with Gasteiger partial charge in [-0.15, -0.1) is 0 Å². The van der Waals surface area contributed by atoms with Crippen molar-refractivity contribution in [2.24, 2.45) is 0 Å². The third-order valence-electron chi connectivity index (χ3n) is 2.93. The van der Waals surface area contributed by atoms with Gasteiger partial charge in [-0.05, 0) is 31.0 Å². The standard InChI is InChI=1S/C11H15BrN2O2S/c12-8-1-2-11(10(13)7-8)14-9-3-5-17(15,16)6-4-9/h1-2,7,9,14H,3-6,13H2. The Bertz CT molecular complexity index is 502. The number of hydrogen-bond donors (Lipinski definition) is 2. The van der Waals surface area contributed by atoms with Gasteiger partial charge in [-0.1, -0.05) is 15.9 Å². The number of benzene rings is 1. The fourth-order valence-corrected chi connectivity index (χ4v) is 3.79. The van der Waals surface area contributed by atoms with E-state index in [2.05, 4.69) is 21.2 Å². The third kappa shape index (κ3) is 3.35. The molecule has 0 atom stereocenters. The molecule has 0 spiro atoms. The van der Waals surface area contributed by atoms with Crippen LogP contribution in [0.1, 0.15) is 12.8 Å². The largest absolute Gasteiger partial charge is 0.397 e. The lowest BCUT2D eigenvalue weighted by Gasteiger charge is -2.24. The average Bonchev–Trinajstić information content (AvgIpc) is 2.25. The minimum atomic E-state index is -2.80. The smallest absolute Gasteiger partial charge is 0.150 e. The van der Waals surface area contributed by atoms with Crippen LogP contribution in [-0.2, 0) is 9.84 Å². The molecule has 6 heteroatoms. The fourth-order valence-electron chi connectivity index (χ4n) is 1.92. The molecule has 0 radical (unpaired) electrons. The molecule has 2 rings (SSSR count). The molecule has 0 unspecified atom stereocenters. The fraction of sp³-hybridized carbons (Fsp3) is 0.455. The first-order chi connectivity index (χ1) is 7.96. The predicted octanol–water partition coefficient (Wildman–Crippen LogP) is 2.02. The summed E-state index contributed by atoms with van der Waals surface area (Å²) in [6.07, 6.45) is 1.30. The van der Waals surface area contributed by atoms with E-state index in [1.165, 1.54) is 0 Å². The van der Waals surface area contributed by atoms with E-state index >= 15 is 0 Å². The topological polar surface area (TPSA) is 72.2 Å². The molecule has 4 nitrogen and oxygen atoms in total. The van der Waals surface area contributed by atoms with Gasteiger partial charge in [0.05, 0.1) is 22.9 Å². The van der Waals surface area contributed by atoms with Gasteiger partial charge in [-0.2, -0.15) is 0 Å². The molecule has 1 aromatic carbocycles. The lowest BCUT2D eigenvalue weighted by atomic mass is 10.1. The van der Waals surface area contributed by atoms with Crippen molar-refractivity contribution in [3.63, 3.8) is 0 Å². The molecule has 1 heterocycles. The summed E-state index contributed by atoms with van der Waals surface area (Å²) in [7, 11) is -2.80. The Morgan fingerprint density at radius 3 is 2.53 bits per heavy atom. The van der Waals surface area contributed by atoms with Crippen LogP contribution < -0.4 is 11.1 Å². The molecular weight excluding hydrogens is 304 g/mol. The summed E-state index contributed by atoms with van der Waals surface area (Å²) in [5.74, 6) is 0.530. The molecule has 1 aliphatic rings. The molecule has 0 amide bonds. The van der Waals surface area contributed by atoms with Crippen molar-refractivity contribution in [3.8, 4) is 0 Å². The summed E-state index contributed by atoms with van der Waals surface area (Å²) in [4.78, 5) is 0. The molecule has 0 aliphatic carbocycles. The summed E-state index contributed by atoms with van der Waals surface area (Å²) in [5.41, 5.74) is 7.43. The molecule has 17 heavy (non-hydrogen) atoms. The van der Waals surface area contributed by atoms with Gasteiger partial charge in [0.2, 0.25) is 0 Å². The van der Waals surface area contributed by atoms with E-state index in [9.17, 15) is 8.42 Å². The van der Waals surface area contributed by atoms with E-state index in [0.29, 0.717) is 18.5 Å². The second kappa shape index (κ2) is 4.86. The molecule has 1 saturated heterocycles. The number of sulfone groups is 1. The first-order valence-electron chi connectivity index (χ1n) is 5.48. The molecule has 94 valence electrons. The van der Waals surface area contributed by atoms with Crippen molar-refractivity contribution in [3.05, 3.63) is 22.7 Å². The van der Waals surface area contributed by atoms with Gasteiger partial charge >= 0.3 is 0 Å². The zero-order chi connectivity index (χ0) is 12.5. The van der Waals surface area contributed by atoms with Gasteiger partial charge in [0.1, 0.15) is 9.84 Å². The summed E-state index contributed by atoms with van der Waals surface area (Å²) < 4.78 is 23.5. The number of rotatable bonds is 2. The number of hydrogen-bond acceptors (Lipinski definition) is 4. The highest BCUT2D eigenvalue weighted by Crippen LogP contribution is 2.25. The van der Waals surface area contributed by atoms with Crippen molar-refractivity contribution < 1.29 is 8.42 Å². The van der Waals surface area contributed by atoms with Crippen molar-refractivity contribution in [2.45, 2.75) is 18.9 Å². The highest BCUT2D eigenvalue weighted by Gasteiger charge is 2.23. The summed E-state index contributed by atoms with van der Waals surface area (Å²) >= 11 is 3.35. The van der Waals surface area contributed by atoms with Crippen LogP contribution in [0.3, 0.4) is 0 Å². The highest BCUT2D eigenvalue weighted by atomic mass is 79.9. The lowest BCUT2D eigenvalue weighted by Crippen LogP contribution is -2.32. The molecule has 0 aromatic heterocycles. The van der Waals surface area contributed by atoms with Crippen LogP contribution in [0.2, 0.25) is 0 Å². The third-order valence-corrected chi connectivity index (χ3v) is 5.14. The van der Waals surface area contributed by atoms with Crippen LogP contribution in [0.4, 0.5) is 11.4 Å². The summed E-state index contributed by atoms with van der Waals surface area (Å²) in [6, 6.07) is 5.85. The second-order valence-electron chi connectivity index (χ2n) is 4.30. The molecule has 0 saturated carbocycles. The number of anilines is 2. The molecule has 3 N–H and O–H groups in total. The van der Waals surface area contributed by atoms with E-state index in [-0.39, 0.29) is 17.5 Å². The maximum absolute atomic E-state index is 11.3. The Balaban J connectivity index is 2.02. The molecule has 0 bridgehead atoms. The zero-order valence-electron chi connectivity index (χ0n) is 9.32. The Kier molecular flexibility index (Phi) is 3.63. The van der Waals surface area contributed by atoms with Gasteiger partial charge in [0.25, 0.3) is 0 Å². The maximum atomic E-state index is 11.3. The Labute approximate surface area is 110 Å². The van der Waals surface area contributed by atoms with E-state index < -0.39 is 9.84 Å². The average molecular weight is 319 g/mol. The van der Waals surface area contributed by atoms with Crippen molar-refractivity contribution in [1.82, 2.24) is 0 Å². The van der Waals surface area contributed by atoms with Gasteiger partial charge in [0.15, 0.2) is 0 Å².